The maximum absolute atomic E-state index is 12.4. The summed E-state index contributed by atoms with van der Waals surface area (Å²) >= 11 is 0. The van der Waals surface area contributed by atoms with Gasteiger partial charge in [0.1, 0.15) is 11.7 Å². The van der Waals surface area contributed by atoms with Crippen molar-refractivity contribution in [3.05, 3.63) is 71.8 Å². The van der Waals surface area contributed by atoms with Crippen molar-refractivity contribution in [2.45, 2.75) is 39.4 Å². The zero-order valence-electron chi connectivity index (χ0n) is 15.1. The van der Waals surface area contributed by atoms with E-state index in [1.165, 1.54) is 0 Å². The van der Waals surface area contributed by atoms with E-state index >= 15 is 0 Å². The molecule has 4 heteroatoms. The summed E-state index contributed by atoms with van der Waals surface area (Å²) in [6.07, 6.45) is -0.576. The highest BCUT2D eigenvalue weighted by Gasteiger charge is 2.39. The van der Waals surface area contributed by atoms with E-state index in [1.807, 2.05) is 26.0 Å². The molecule has 0 radical (unpaired) electrons. The van der Waals surface area contributed by atoms with Gasteiger partial charge in [0, 0.05) is 0 Å². The second-order valence-electron chi connectivity index (χ2n) is 6.79. The fraction of sp³-hybridized carbons (Fsp3) is 0.333. The van der Waals surface area contributed by atoms with Gasteiger partial charge in [0.2, 0.25) is 0 Å². The second-order valence-corrected chi connectivity index (χ2v) is 6.79. The Labute approximate surface area is 148 Å². The van der Waals surface area contributed by atoms with Crippen molar-refractivity contribution in [1.82, 2.24) is 0 Å². The zero-order chi connectivity index (χ0) is 18.4. The molecule has 0 saturated heterocycles. The van der Waals surface area contributed by atoms with Gasteiger partial charge in [-0.2, -0.15) is 0 Å². The van der Waals surface area contributed by atoms with Crippen LogP contribution in [0.25, 0.3) is 0 Å². The number of esters is 2. The number of hydrogen-bond donors (Lipinski definition) is 0. The minimum Gasteiger partial charge on any atom is -0.454 e. The molecule has 2 aromatic rings. The summed E-state index contributed by atoms with van der Waals surface area (Å²) in [6, 6.07) is 17.6. The Bertz CT molecular complexity index is 705. The Morgan fingerprint density at radius 2 is 1.24 bits per heavy atom. The van der Waals surface area contributed by atoms with Crippen LogP contribution in [-0.2, 0) is 9.47 Å². The number of hydrogen-bond acceptors (Lipinski definition) is 4. The van der Waals surface area contributed by atoms with Crippen LogP contribution in [0.1, 0.15) is 48.4 Å². The Hall–Kier alpha value is -2.62. The quantitative estimate of drug-likeness (QED) is 0.726. The molecule has 2 rings (SSSR count). The molecular formula is C21H24O4. The molecule has 1 unspecified atom stereocenters. The fourth-order valence-electron chi connectivity index (χ4n) is 2.77. The maximum Gasteiger partial charge on any atom is 0.338 e. The van der Waals surface area contributed by atoms with E-state index in [4.69, 9.17) is 9.47 Å². The summed E-state index contributed by atoms with van der Waals surface area (Å²) in [5.74, 6) is -0.888. The molecule has 0 aromatic heterocycles. The van der Waals surface area contributed by atoms with Crippen molar-refractivity contribution in [2.24, 2.45) is 5.92 Å². The molecular weight excluding hydrogens is 316 g/mol. The first kappa shape index (κ1) is 18.7. The molecule has 0 amide bonds. The van der Waals surface area contributed by atoms with Crippen LogP contribution in [-0.4, -0.2) is 23.6 Å². The van der Waals surface area contributed by atoms with Gasteiger partial charge in [-0.1, -0.05) is 50.2 Å². The molecule has 1 atom stereocenters. The molecule has 132 valence electrons. The van der Waals surface area contributed by atoms with Crippen molar-refractivity contribution in [3.63, 3.8) is 0 Å². The van der Waals surface area contributed by atoms with E-state index in [1.54, 1.807) is 62.4 Å². The third-order valence-electron chi connectivity index (χ3n) is 3.90. The summed E-state index contributed by atoms with van der Waals surface area (Å²) in [4.78, 5) is 24.8. The molecule has 0 spiro atoms. The highest BCUT2D eigenvalue weighted by Crippen LogP contribution is 2.27. The minimum absolute atomic E-state index is 0.0220. The lowest BCUT2D eigenvalue weighted by Crippen LogP contribution is -2.46. The van der Waals surface area contributed by atoms with Gasteiger partial charge in [-0.05, 0) is 44.0 Å². The van der Waals surface area contributed by atoms with Crippen molar-refractivity contribution < 1.29 is 19.1 Å². The molecule has 4 nitrogen and oxygen atoms in total. The van der Waals surface area contributed by atoms with Gasteiger partial charge in [0.15, 0.2) is 0 Å². The van der Waals surface area contributed by atoms with Crippen LogP contribution in [0.5, 0.6) is 0 Å². The summed E-state index contributed by atoms with van der Waals surface area (Å²) in [5.41, 5.74) is -0.0308. The van der Waals surface area contributed by atoms with Crippen molar-refractivity contribution in [2.75, 3.05) is 0 Å². The molecule has 0 aliphatic heterocycles. The van der Waals surface area contributed by atoms with E-state index < -0.39 is 23.6 Å². The Morgan fingerprint density at radius 3 is 1.68 bits per heavy atom. The highest BCUT2D eigenvalue weighted by molar-refractivity contribution is 5.90. The largest absolute Gasteiger partial charge is 0.454 e. The molecule has 0 saturated carbocycles. The van der Waals surface area contributed by atoms with Crippen molar-refractivity contribution in [1.29, 1.82) is 0 Å². The minimum atomic E-state index is -0.967. The Balaban J connectivity index is 2.14. The molecule has 25 heavy (non-hydrogen) atoms. The average molecular weight is 340 g/mol. The van der Waals surface area contributed by atoms with Crippen LogP contribution in [0.3, 0.4) is 0 Å². The van der Waals surface area contributed by atoms with Crippen LogP contribution in [0.15, 0.2) is 60.7 Å². The molecule has 0 heterocycles. The predicted octanol–water partition coefficient (Wildman–Crippen LogP) is 4.50. The van der Waals surface area contributed by atoms with Gasteiger partial charge in [-0.25, -0.2) is 9.59 Å². The molecule has 0 N–H and O–H groups in total. The number of ether oxygens (including phenoxy) is 2. The number of carbonyl (C=O) groups is 2. The fourth-order valence-corrected chi connectivity index (χ4v) is 2.77. The normalized spacial score (nSPS) is 12.5. The number of benzene rings is 2. The van der Waals surface area contributed by atoms with E-state index in [9.17, 15) is 9.59 Å². The van der Waals surface area contributed by atoms with E-state index in [-0.39, 0.29) is 5.92 Å². The smallest absolute Gasteiger partial charge is 0.338 e. The van der Waals surface area contributed by atoms with Crippen LogP contribution >= 0.6 is 0 Å². The lowest BCUT2D eigenvalue weighted by atomic mass is 9.91. The first-order chi connectivity index (χ1) is 11.8. The third-order valence-corrected chi connectivity index (χ3v) is 3.90. The molecule has 2 aromatic carbocycles. The Kier molecular flexibility index (Phi) is 5.97. The predicted molar refractivity (Wildman–Crippen MR) is 96.4 cm³/mol. The molecule has 0 aliphatic carbocycles. The van der Waals surface area contributed by atoms with Crippen LogP contribution < -0.4 is 0 Å². The van der Waals surface area contributed by atoms with Gasteiger partial charge in [0.05, 0.1) is 11.1 Å². The topological polar surface area (TPSA) is 52.6 Å². The number of carbonyl (C=O) groups excluding carboxylic acids is 2. The van der Waals surface area contributed by atoms with Gasteiger partial charge < -0.3 is 9.47 Å². The van der Waals surface area contributed by atoms with Crippen molar-refractivity contribution >= 4 is 11.9 Å². The van der Waals surface area contributed by atoms with Gasteiger partial charge in [-0.3, -0.25) is 0 Å². The van der Waals surface area contributed by atoms with E-state index in [0.29, 0.717) is 11.1 Å². The maximum atomic E-state index is 12.4. The summed E-state index contributed by atoms with van der Waals surface area (Å²) in [6.45, 7) is 7.38. The summed E-state index contributed by atoms with van der Waals surface area (Å²) in [5, 5.41) is 0. The van der Waals surface area contributed by atoms with Gasteiger partial charge in [0.25, 0.3) is 0 Å². The molecule has 0 bridgehead atoms. The van der Waals surface area contributed by atoms with E-state index in [0.717, 1.165) is 0 Å². The summed E-state index contributed by atoms with van der Waals surface area (Å²) < 4.78 is 11.4. The van der Waals surface area contributed by atoms with Crippen molar-refractivity contribution in [3.8, 4) is 0 Å². The SMILES string of the molecule is CC(C)C(OC(=O)c1ccccc1)C(C)(C)OC(=O)c1ccccc1. The lowest BCUT2D eigenvalue weighted by molar-refractivity contribution is -0.0941. The molecule has 0 fully saturated rings. The second kappa shape index (κ2) is 7.97. The average Bonchev–Trinajstić information content (AvgIpc) is 2.60. The van der Waals surface area contributed by atoms with Gasteiger partial charge >= 0.3 is 11.9 Å². The summed E-state index contributed by atoms with van der Waals surface area (Å²) in [7, 11) is 0. The van der Waals surface area contributed by atoms with Crippen LogP contribution in [0.2, 0.25) is 0 Å². The van der Waals surface area contributed by atoms with Crippen LogP contribution in [0.4, 0.5) is 0 Å². The standard InChI is InChI=1S/C21H24O4/c1-15(2)18(24-19(22)16-11-7-5-8-12-16)21(3,4)25-20(23)17-13-9-6-10-14-17/h5-15,18H,1-4H3. The van der Waals surface area contributed by atoms with E-state index in [2.05, 4.69) is 0 Å². The third kappa shape index (κ3) is 4.92. The Morgan fingerprint density at radius 1 is 0.800 bits per heavy atom. The number of rotatable bonds is 6. The van der Waals surface area contributed by atoms with Gasteiger partial charge in [-0.15, -0.1) is 0 Å². The molecule has 0 aliphatic rings. The lowest BCUT2D eigenvalue weighted by Gasteiger charge is -2.35. The highest BCUT2D eigenvalue weighted by atomic mass is 16.6. The first-order valence-corrected chi connectivity index (χ1v) is 8.35. The first-order valence-electron chi connectivity index (χ1n) is 8.35. The zero-order valence-corrected chi connectivity index (χ0v) is 15.1. The van der Waals surface area contributed by atoms with Crippen LogP contribution in [0, 0.1) is 5.92 Å². The monoisotopic (exact) mass is 340 g/mol.